The molecule has 2 atom stereocenters. The van der Waals surface area contributed by atoms with Gasteiger partial charge in [-0.15, -0.1) is 0 Å². The zero-order valence-electron chi connectivity index (χ0n) is 19.5. The Morgan fingerprint density at radius 3 is 2.65 bits per heavy atom. The number of fused-ring (bicyclic) bond motifs is 1. The summed E-state index contributed by atoms with van der Waals surface area (Å²) in [6, 6.07) is 9.07. The molecule has 172 valence electrons. The van der Waals surface area contributed by atoms with Crippen LogP contribution >= 0.6 is 0 Å². The van der Waals surface area contributed by atoms with Crippen LogP contribution in [0.15, 0.2) is 24.3 Å². The van der Waals surface area contributed by atoms with Crippen molar-refractivity contribution in [3.63, 3.8) is 0 Å². The van der Waals surface area contributed by atoms with Gasteiger partial charge >= 0.3 is 6.09 Å². The fraction of sp³-hybridized carbons (Fsp3) is 0.720. The summed E-state index contributed by atoms with van der Waals surface area (Å²) in [6.45, 7) is 13.5. The number of piperazine rings is 1. The van der Waals surface area contributed by atoms with E-state index in [1.54, 1.807) is 0 Å². The molecule has 3 aliphatic rings. The van der Waals surface area contributed by atoms with Crippen LogP contribution in [0, 0.1) is 5.92 Å². The monoisotopic (exact) mass is 429 g/mol. The molecule has 6 heteroatoms. The molecule has 0 radical (unpaired) electrons. The van der Waals surface area contributed by atoms with Gasteiger partial charge in [-0.05, 0) is 77.2 Å². The molecule has 6 nitrogen and oxygen atoms in total. The maximum atomic E-state index is 12.4. The molecular weight excluding hydrogens is 390 g/mol. The van der Waals surface area contributed by atoms with Crippen LogP contribution in [-0.4, -0.2) is 78.3 Å². The molecule has 0 spiro atoms. The molecule has 3 fully saturated rings. The Hall–Kier alpha value is -1.79. The Bertz CT molecular complexity index is 742. The van der Waals surface area contributed by atoms with Crippen LogP contribution in [0.3, 0.4) is 0 Å². The van der Waals surface area contributed by atoms with E-state index in [4.69, 9.17) is 9.47 Å². The van der Waals surface area contributed by atoms with Gasteiger partial charge in [0.05, 0.1) is 6.61 Å². The second-order valence-corrected chi connectivity index (χ2v) is 10.5. The lowest BCUT2D eigenvalue weighted by Crippen LogP contribution is -2.58. The number of amides is 1. The number of likely N-dealkylation sites (tertiary alicyclic amines) is 1. The van der Waals surface area contributed by atoms with Gasteiger partial charge in [0.25, 0.3) is 0 Å². The van der Waals surface area contributed by atoms with E-state index in [1.165, 1.54) is 31.5 Å². The third-order valence-electron chi connectivity index (χ3n) is 6.65. The Morgan fingerprint density at radius 1 is 1.06 bits per heavy atom. The third-order valence-corrected chi connectivity index (χ3v) is 6.65. The minimum atomic E-state index is -0.436. The van der Waals surface area contributed by atoms with Crippen LogP contribution in [0.4, 0.5) is 4.79 Å². The molecule has 0 unspecified atom stereocenters. The van der Waals surface area contributed by atoms with E-state index in [1.807, 2.05) is 25.7 Å². The summed E-state index contributed by atoms with van der Waals surface area (Å²) in [5.41, 5.74) is 0.913. The predicted octanol–water partition coefficient (Wildman–Crippen LogP) is 3.99. The topological polar surface area (TPSA) is 45.3 Å². The van der Waals surface area contributed by atoms with Gasteiger partial charge in [-0.25, -0.2) is 4.79 Å². The minimum Gasteiger partial charge on any atom is -0.493 e. The Balaban J connectivity index is 1.23. The van der Waals surface area contributed by atoms with Gasteiger partial charge in [-0.2, -0.15) is 0 Å². The number of rotatable bonds is 5. The number of piperidine rings is 1. The Labute approximate surface area is 187 Å². The number of hydrogen-bond acceptors (Lipinski definition) is 5. The van der Waals surface area contributed by atoms with Crippen molar-refractivity contribution in [2.45, 2.75) is 64.6 Å². The zero-order valence-corrected chi connectivity index (χ0v) is 19.5. The summed E-state index contributed by atoms with van der Waals surface area (Å²) in [5.74, 6) is 1.54. The standard InChI is InChI=1S/C25H39N3O3/c1-25(2,3)31-24(29)28-14-13-27-17-21(9-10-22(27)18-28)19-30-23-8-6-7-20(15-23)16-26-11-4-5-12-26/h6-8,15,21-22H,4-5,9-14,16-19H2,1-3H3/t21-,22+/m1/s1. The molecule has 1 amide bonds. The lowest BCUT2D eigenvalue weighted by Gasteiger charge is -2.46. The normalized spacial score (nSPS) is 25.3. The van der Waals surface area contributed by atoms with E-state index in [9.17, 15) is 4.79 Å². The molecular formula is C25H39N3O3. The highest BCUT2D eigenvalue weighted by Crippen LogP contribution is 2.27. The van der Waals surface area contributed by atoms with Crippen molar-refractivity contribution in [2.24, 2.45) is 5.92 Å². The maximum Gasteiger partial charge on any atom is 0.410 e. The van der Waals surface area contributed by atoms with Gasteiger partial charge in [0.15, 0.2) is 0 Å². The van der Waals surface area contributed by atoms with Gasteiger partial charge in [0.2, 0.25) is 0 Å². The molecule has 1 aromatic rings. The van der Waals surface area contributed by atoms with Crippen molar-refractivity contribution in [3.8, 4) is 5.75 Å². The highest BCUT2D eigenvalue weighted by Gasteiger charge is 2.35. The third kappa shape index (κ3) is 6.36. The first kappa shape index (κ1) is 22.4. The average Bonchev–Trinajstić information content (AvgIpc) is 3.24. The van der Waals surface area contributed by atoms with E-state index >= 15 is 0 Å². The second-order valence-electron chi connectivity index (χ2n) is 10.5. The van der Waals surface area contributed by atoms with Crippen molar-refractivity contribution < 1.29 is 14.3 Å². The van der Waals surface area contributed by atoms with Crippen LogP contribution in [0.5, 0.6) is 5.75 Å². The summed E-state index contributed by atoms with van der Waals surface area (Å²) in [7, 11) is 0. The first-order chi connectivity index (χ1) is 14.9. The van der Waals surface area contributed by atoms with Gasteiger partial charge in [-0.3, -0.25) is 9.80 Å². The smallest absolute Gasteiger partial charge is 0.410 e. The molecule has 0 aliphatic carbocycles. The SMILES string of the molecule is CC(C)(C)OC(=O)N1CCN2C[C@H](COc3cccc(CN4CCCC4)c3)CC[C@H]2C1. The molecule has 3 saturated heterocycles. The van der Waals surface area contributed by atoms with Gasteiger partial charge in [0, 0.05) is 44.7 Å². The van der Waals surface area contributed by atoms with E-state index in [0.29, 0.717) is 12.0 Å². The first-order valence-electron chi connectivity index (χ1n) is 12.0. The van der Waals surface area contributed by atoms with Crippen LogP contribution in [0.2, 0.25) is 0 Å². The summed E-state index contributed by atoms with van der Waals surface area (Å²) in [4.78, 5) is 19.4. The van der Waals surface area contributed by atoms with E-state index < -0.39 is 5.60 Å². The molecule has 0 N–H and O–H groups in total. The molecule has 0 bridgehead atoms. The summed E-state index contributed by atoms with van der Waals surface area (Å²) >= 11 is 0. The van der Waals surface area contributed by atoms with Crippen LogP contribution in [-0.2, 0) is 11.3 Å². The molecule has 0 saturated carbocycles. The maximum absolute atomic E-state index is 12.4. The van der Waals surface area contributed by atoms with Crippen molar-refractivity contribution >= 4 is 6.09 Å². The lowest BCUT2D eigenvalue weighted by molar-refractivity contribution is -0.0122. The average molecular weight is 430 g/mol. The number of carbonyl (C=O) groups excluding carboxylic acids is 1. The largest absolute Gasteiger partial charge is 0.493 e. The van der Waals surface area contributed by atoms with Crippen molar-refractivity contribution in [1.82, 2.24) is 14.7 Å². The second kappa shape index (κ2) is 9.78. The van der Waals surface area contributed by atoms with Crippen molar-refractivity contribution in [3.05, 3.63) is 29.8 Å². The van der Waals surface area contributed by atoms with Gasteiger partial charge in [-0.1, -0.05) is 12.1 Å². The van der Waals surface area contributed by atoms with Gasteiger partial charge < -0.3 is 14.4 Å². The number of carbonyl (C=O) groups is 1. The van der Waals surface area contributed by atoms with Crippen LogP contribution in [0.25, 0.3) is 0 Å². The van der Waals surface area contributed by atoms with Crippen LogP contribution < -0.4 is 4.74 Å². The summed E-state index contributed by atoms with van der Waals surface area (Å²) < 4.78 is 11.8. The van der Waals surface area contributed by atoms with E-state index in [-0.39, 0.29) is 6.09 Å². The van der Waals surface area contributed by atoms with Crippen molar-refractivity contribution in [1.29, 1.82) is 0 Å². The lowest BCUT2D eigenvalue weighted by atomic mass is 9.91. The van der Waals surface area contributed by atoms with Gasteiger partial charge in [0.1, 0.15) is 11.4 Å². The highest BCUT2D eigenvalue weighted by atomic mass is 16.6. The van der Waals surface area contributed by atoms with Crippen LogP contribution in [0.1, 0.15) is 52.0 Å². The molecule has 3 heterocycles. The molecule has 1 aromatic carbocycles. The molecule has 4 rings (SSSR count). The predicted molar refractivity (Wildman–Crippen MR) is 122 cm³/mol. The molecule has 0 aromatic heterocycles. The highest BCUT2D eigenvalue weighted by molar-refractivity contribution is 5.68. The van der Waals surface area contributed by atoms with E-state index in [0.717, 1.165) is 57.9 Å². The Kier molecular flexibility index (Phi) is 7.07. The number of benzene rings is 1. The van der Waals surface area contributed by atoms with E-state index in [2.05, 4.69) is 34.1 Å². The number of hydrogen-bond donors (Lipinski definition) is 0. The summed E-state index contributed by atoms with van der Waals surface area (Å²) in [6.07, 6.45) is 4.74. The Morgan fingerprint density at radius 2 is 1.87 bits per heavy atom. The molecule has 3 aliphatic heterocycles. The quantitative estimate of drug-likeness (QED) is 0.708. The van der Waals surface area contributed by atoms with Crippen molar-refractivity contribution in [2.75, 3.05) is 45.9 Å². The number of nitrogens with zero attached hydrogens (tertiary/aromatic N) is 3. The fourth-order valence-electron chi connectivity index (χ4n) is 5.03. The molecule has 31 heavy (non-hydrogen) atoms. The first-order valence-corrected chi connectivity index (χ1v) is 12.0. The zero-order chi connectivity index (χ0) is 21.8. The number of ether oxygens (including phenoxy) is 2. The minimum absolute atomic E-state index is 0.175. The fourth-order valence-corrected chi connectivity index (χ4v) is 5.03. The summed E-state index contributed by atoms with van der Waals surface area (Å²) in [5, 5.41) is 0.